The number of hydrogen-bond acceptors (Lipinski definition) is 11. The molecule has 0 bridgehead atoms. The molecule has 1 aliphatic rings. The maximum atomic E-state index is 12.0. The lowest BCUT2D eigenvalue weighted by Gasteiger charge is -2.19. The number of hydrogen-bond donors (Lipinski definition) is 6. The first-order chi connectivity index (χ1) is 9.73. The van der Waals surface area contributed by atoms with E-state index in [0.717, 1.165) is 0 Å². The SMILES string of the molecule is Nc1nc(N)nc(N2C(=O)C(O)C(O)C(O)C(O)C2=O)n1. The second-order valence-electron chi connectivity index (χ2n) is 4.23. The molecule has 12 heteroatoms. The average Bonchev–Trinajstić information content (AvgIpc) is 2.46. The van der Waals surface area contributed by atoms with Gasteiger partial charge < -0.3 is 31.9 Å². The Balaban J connectivity index is 2.54. The van der Waals surface area contributed by atoms with Crippen molar-refractivity contribution in [3.05, 3.63) is 0 Å². The Bertz CT molecular complexity index is 550. The summed E-state index contributed by atoms with van der Waals surface area (Å²) < 4.78 is 0. The van der Waals surface area contributed by atoms with E-state index in [1.807, 2.05) is 0 Å². The van der Waals surface area contributed by atoms with Gasteiger partial charge in [-0.3, -0.25) is 9.59 Å². The van der Waals surface area contributed by atoms with E-state index < -0.39 is 54.1 Å². The Morgan fingerprint density at radius 3 is 1.57 bits per heavy atom. The predicted octanol–water partition coefficient (Wildman–Crippen LogP) is -4.65. The van der Waals surface area contributed by atoms with Crippen molar-refractivity contribution >= 4 is 29.7 Å². The van der Waals surface area contributed by atoms with Crippen LogP contribution in [0.5, 0.6) is 0 Å². The van der Waals surface area contributed by atoms with Crippen LogP contribution in [0.1, 0.15) is 0 Å². The molecule has 2 heterocycles. The van der Waals surface area contributed by atoms with Crippen LogP contribution in [-0.2, 0) is 9.59 Å². The number of rotatable bonds is 1. The van der Waals surface area contributed by atoms with Gasteiger partial charge in [-0.2, -0.15) is 15.0 Å². The van der Waals surface area contributed by atoms with Gasteiger partial charge >= 0.3 is 0 Å². The van der Waals surface area contributed by atoms with Gasteiger partial charge in [0, 0.05) is 0 Å². The summed E-state index contributed by atoms with van der Waals surface area (Å²) in [6, 6.07) is 0. The molecule has 0 spiro atoms. The van der Waals surface area contributed by atoms with Crippen LogP contribution in [0.4, 0.5) is 17.8 Å². The van der Waals surface area contributed by atoms with Crippen LogP contribution in [0.3, 0.4) is 0 Å². The number of imide groups is 1. The molecule has 1 aromatic heterocycles. The van der Waals surface area contributed by atoms with E-state index in [1.165, 1.54) is 0 Å². The fourth-order valence-electron chi connectivity index (χ4n) is 1.73. The van der Waals surface area contributed by atoms with Gasteiger partial charge in [0.05, 0.1) is 0 Å². The normalized spacial score (nSPS) is 30.4. The molecule has 1 aromatic rings. The minimum atomic E-state index is -2.18. The first-order valence-electron chi connectivity index (χ1n) is 5.61. The van der Waals surface area contributed by atoms with E-state index >= 15 is 0 Å². The van der Waals surface area contributed by atoms with Crippen LogP contribution in [0.15, 0.2) is 0 Å². The van der Waals surface area contributed by atoms with E-state index in [-0.39, 0.29) is 4.90 Å². The molecule has 0 radical (unpaired) electrons. The Morgan fingerprint density at radius 2 is 1.19 bits per heavy atom. The number of carbonyl (C=O) groups excluding carboxylic acids is 2. The summed E-state index contributed by atoms with van der Waals surface area (Å²) in [4.78, 5) is 34.5. The highest BCUT2D eigenvalue weighted by Gasteiger charge is 2.48. The van der Waals surface area contributed by atoms with Gasteiger partial charge in [0.15, 0.2) is 12.2 Å². The van der Waals surface area contributed by atoms with Crippen molar-refractivity contribution in [3.63, 3.8) is 0 Å². The predicted molar refractivity (Wildman–Crippen MR) is 65.2 cm³/mol. The second-order valence-corrected chi connectivity index (χ2v) is 4.23. The van der Waals surface area contributed by atoms with Crippen LogP contribution in [0.2, 0.25) is 0 Å². The highest BCUT2D eigenvalue weighted by Crippen LogP contribution is 2.20. The lowest BCUT2D eigenvalue weighted by Crippen LogP contribution is -2.47. The Labute approximate surface area is 116 Å². The number of nitrogens with two attached hydrogens (primary N) is 2. The zero-order chi connectivity index (χ0) is 15.9. The largest absolute Gasteiger partial charge is 0.387 e. The van der Waals surface area contributed by atoms with Crippen molar-refractivity contribution in [1.82, 2.24) is 15.0 Å². The van der Waals surface area contributed by atoms with Crippen molar-refractivity contribution in [2.45, 2.75) is 24.4 Å². The van der Waals surface area contributed by atoms with Gasteiger partial charge in [-0.25, -0.2) is 4.90 Å². The van der Waals surface area contributed by atoms with Gasteiger partial charge in [0.1, 0.15) is 12.2 Å². The van der Waals surface area contributed by atoms with E-state index in [4.69, 9.17) is 11.5 Å². The minimum Gasteiger partial charge on any atom is -0.387 e. The van der Waals surface area contributed by atoms with Crippen LogP contribution in [-0.4, -0.2) is 71.6 Å². The molecule has 1 aliphatic heterocycles. The first kappa shape index (κ1) is 15.0. The van der Waals surface area contributed by atoms with Gasteiger partial charge in [-0.15, -0.1) is 0 Å². The summed E-state index contributed by atoms with van der Waals surface area (Å²) in [6.07, 6.45) is -8.50. The summed E-state index contributed by atoms with van der Waals surface area (Å²) in [5, 5.41) is 38.2. The number of carbonyl (C=O) groups is 2. The molecule has 1 fully saturated rings. The molecule has 0 aromatic carbocycles. The van der Waals surface area contributed by atoms with Crippen molar-refractivity contribution in [1.29, 1.82) is 0 Å². The van der Waals surface area contributed by atoms with Crippen molar-refractivity contribution in [3.8, 4) is 0 Å². The summed E-state index contributed by atoms with van der Waals surface area (Å²) in [5.41, 5.74) is 10.6. The Morgan fingerprint density at radius 1 is 0.810 bits per heavy atom. The van der Waals surface area contributed by atoms with Gasteiger partial charge in [0.2, 0.25) is 17.8 Å². The third kappa shape index (κ3) is 2.47. The molecule has 2 rings (SSSR count). The second kappa shape index (κ2) is 5.17. The van der Waals surface area contributed by atoms with Crippen LogP contribution in [0.25, 0.3) is 0 Å². The van der Waals surface area contributed by atoms with Crippen molar-refractivity contribution in [2.24, 2.45) is 0 Å². The molecule has 4 atom stereocenters. The van der Waals surface area contributed by atoms with Crippen molar-refractivity contribution < 1.29 is 30.0 Å². The number of anilines is 3. The minimum absolute atomic E-state index is 0.170. The number of aliphatic hydroxyl groups is 4. The smallest absolute Gasteiger partial charge is 0.267 e. The van der Waals surface area contributed by atoms with Gasteiger partial charge in [0.25, 0.3) is 11.8 Å². The maximum absolute atomic E-state index is 12.0. The molecule has 2 amide bonds. The first-order valence-corrected chi connectivity index (χ1v) is 5.61. The fraction of sp³-hybridized carbons (Fsp3) is 0.444. The zero-order valence-electron chi connectivity index (χ0n) is 10.4. The molecular weight excluding hydrogens is 288 g/mol. The highest BCUT2D eigenvalue weighted by atomic mass is 16.4. The van der Waals surface area contributed by atoms with E-state index in [0.29, 0.717) is 0 Å². The van der Waals surface area contributed by atoms with Gasteiger partial charge in [-0.1, -0.05) is 0 Å². The van der Waals surface area contributed by atoms with Crippen LogP contribution in [0, 0.1) is 0 Å². The molecule has 0 aliphatic carbocycles. The van der Waals surface area contributed by atoms with Gasteiger partial charge in [-0.05, 0) is 0 Å². The van der Waals surface area contributed by atoms with Crippen LogP contribution >= 0.6 is 0 Å². The summed E-state index contributed by atoms with van der Waals surface area (Å²) in [6.45, 7) is 0. The number of aliphatic hydroxyl groups excluding tert-OH is 4. The number of nitrogens with zero attached hydrogens (tertiary/aromatic N) is 4. The maximum Gasteiger partial charge on any atom is 0.267 e. The lowest BCUT2D eigenvalue weighted by atomic mass is 10.1. The Kier molecular flexibility index (Phi) is 3.69. The fourth-order valence-corrected chi connectivity index (χ4v) is 1.73. The molecule has 8 N–H and O–H groups in total. The lowest BCUT2D eigenvalue weighted by molar-refractivity contribution is -0.140. The molecular formula is C9H12N6O6. The quantitative estimate of drug-likeness (QED) is 0.271. The summed E-state index contributed by atoms with van der Waals surface area (Å²) in [7, 11) is 0. The van der Waals surface area contributed by atoms with E-state index in [2.05, 4.69) is 15.0 Å². The summed E-state index contributed by atoms with van der Waals surface area (Å²) in [5.74, 6) is -4.17. The van der Waals surface area contributed by atoms with Crippen LogP contribution < -0.4 is 16.4 Å². The molecule has 12 nitrogen and oxygen atoms in total. The third-order valence-electron chi connectivity index (χ3n) is 2.80. The molecule has 21 heavy (non-hydrogen) atoms. The highest BCUT2D eigenvalue weighted by molar-refractivity contribution is 6.17. The van der Waals surface area contributed by atoms with E-state index in [1.54, 1.807) is 0 Å². The monoisotopic (exact) mass is 300 g/mol. The molecule has 0 saturated carbocycles. The third-order valence-corrected chi connectivity index (χ3v) is 2.80. The van der Waals surface area contributed by atoms with E-state index in [9.17, 15) is 30.0 Å². The molecule has 4 unspecified atom stereocenters. The number of nitrogen functional groups attached to an aromatic ring is 2. The molecule has 114 valence electrons. The number of aromatic nitrogens is 3. The Hall–Kier alpha value is -2.41. The average molecular weight is 300 g/mol. The topological polar surface area (TPSA) is 209 Å². The zero-order valence-corrected chi connectivity index (χ0v) is 10.4. The molecule has 1 saturated heterocycles. The standard InChI is InChI=1S/C9H12N6O6/c10-7-12-8(11)14-9(13-7)15-5(20)3(18)1(16)2(17)4(19)6(15)21/h1-4,16-19H,(H4,10,11,12,13,14). The van der Waals surface area contributed by atoms with Crippen molar-refractivity contribution in [2.75, 3.05) is 16.4 Å². The number of amides is 2. The summed E-state index contributed by atoms with van der Waals surface area (Å²) >= 11 is 0.